The maximum absolute atomic E-state index is 12.4. The van der Waals surface area contributed by atoms with Crippen molar-refractivity contribution in [1.82, 2.24) is 0 Å². The molecule has 0 atom stereocenters. The summed E-state index contributed by atoms with van der Waals surface area (Å²) in [5.74, 6) is 7.76. The number of ether oxygens (including phenoxy) is 2. The van der Waals surface area contributed by atoms with Gasteiger partial charge in [0.1, 0.15) is 18.1 Å². The van der Waals surface area contributed by atoms with E-state index in [1.807, 2.05) is 45.9 Å². The Morgan fingerprint density at radius 2 is 1.32 bits per heavy atom. The Morgan fingerprint density at radius 3 is 1.82 bits per heavy atom. The first-order chi connectivity index (χ1) is 22.0. The molecule has 0 amide bonds. The fourth-order valence-corrected chi connectivity index (χ4v) is 6.29. The van der Waals surface area contributed by atoms with Crippen LogP contribution in [0, 0.1) is 44.7 Å². The van der Waals surface area contributed by atoms with Gasteiger partial charge in [0.05, 0.1) is 38.0 Å². The Kier molecular flexibility index (Phi) is 17.0. The molecule has 0 aliphatic carbocycles. The number of aromatic nitrogens is 1. The Morgan fingerprint density at radius 1 is 0.820 bits per heavy atom. The maximum Gasteiger partial charge on any atom is 0.218 e. The molecule has 0 saturated carbocycles. The lowest BCUT2D eigenvalue weighted by Crippen LogP contribution is -2.42. The van der Waals surface area contributed by atoms with E-state index in [2.05, 4.69) is 84.7 Å². The minimum Gasteiger partial charge on any atom is -0.618 e. The van der Waals surface area contributed by atoms with Gasteiger partial charge in [0.2, 0.25) is 5.69 Å². The van der Waals surface area contributed by atoms with Crippen molar-refractivity contribution >= 4 is 33.6 Å². The molecule has 1 heterocycles. The van der Waals surface area contributed by atoms with Crippen molar-refractivity contribution in [2.24, 2.45) is 5.16 Å². The van der Waals surface area contributed by atoms with E-state index in [-0.39, 0.29) is 24.9 Å². The van der Waals surface area contributed by atoms with E-state index < -0.39 is 16.6 Å². The summed E-state index contributed by atoms with van der Waals surface area (Å²) in [6.07, 6.45) is 3.00. The molecule has 3 aromatic rings. The standard InChI is InChI=1S/2C19H29NO3Si.2CH4/c1-13-9-15-11-20(21)16(10-17(15)18(22-6)14(13)2)12-23-24(7,8)19(3,4)5;1-14-12-16(13-20-21)17(18(22-6)15(14)2)10-9-11-23-24(7,8)19(3,4)5;;/h9-11H,12H2,1-8H3;12-13,21H,11H2,1-8H3;2*1H4/b;20-13+;;. The van der Waals surface area contributed by atoms with E-state index in [1.165, 1.54) is 6.21 Å². The van der Waals surface area contributed by atoms with Crippen molar-refractivity contribution in [3.05, 3.63) is 68.7 Å². The van der Waals surface area contributed by atoms with Gasteiger partial charge in [0.25, 0.3) is 0 Å². The van der Waals surface area contributed by atoms with Crippen LogP contribution in [0.2, 0.25) is 36.3 Å². The van der Waals surface area contributed by atoms with E-state index in [4.69, 9.17) is 23.5 Å². The highest BCUT2D eigenvalue weighted by atomic mass is 28.4. The average Bonchev–Trinajstić information content (AvgIpc) is 2.97. The number of oxime groups is 1. The molecule has 2 aromatic carbocycles. The number of pyridine rings is 1. The van der Waals surface area contributed by atoms with Crippen LogP contribution in [0.5, 0.6) is 11.5 Å². The van der Waals surface area contributed by atoms with Crippen molar-refractivity contribution < 1.29 is 28.3 Å². The number of nitrogens with zero attached hydrogens (tertiary/aromatic N) is 2. The molecule has 280 valence electrons. The molecule has 3 rings (SSSR count). The van der Waals surface area contributed by atoms with E-state index in [0.717, 1.165) is 54.6 Å². The number of aryl methyl sites for hydroxylation is 2. The highest BCUT2D eigenvalue weighted by molar-refractivity contribution is 6.74. The highest BCUT2D eigenvalue weighted by Gasteiger charge is 2.38. The van der Waals surface area contributed by atoms with E-state index >= 15 is 0 Å². The van der Waals surface area contributed by atoms with E-state index in [9.17, 15) is 5.21 Å². The first-order valence-corrected chi connectivity index (χ1v) is 22.2. The van der Waals surface area contributed by atoms with Crippen LogP contribution in [-0.2, 0) is 15.5 Å². The van der Waals surface area contributed by atoms with Gasteiger partial charge in [0.15, 0.2) is 22.8 Å². The minimum absolute atomic E-state index is 0. The molecule has 0 spiro atoms. The Bertz CT molecular complexity index is 1690. The molecule has 0 bridgehead atoms. The van der Waals surface area contributed by atoms with Crippen LogP contribution in [0.25, 0.3) is 10.8 Å². The quantitative estimate of drug-likeness (QED) is 0.0472. The Balaban J connectivity index is 0.000000923. The van der Waals surface area contributed by atoms with Crippen LogP contribution in [0.1, 0.15) is 95.5 Å². The summed E-state index contributed by atoms with van der Waals surface area (Å²) < 4.78 is 24.3. The molecule has 0 unspecified atom stereocenters. The number of fused-ring (bicyclic) bond motifs is 1. The number of rotatable bonds is 8. The number of hydrogen-bond acceptors (Lipinski definition) is 7. The van der Waals surface area contributed by atoms with Crippen LogP contribution in [-0.4, -0.2) is 48.9 Å². The van der Waals surface area contributed by atoms with Crippen molar-refractivity contribution in [3.8, 4) is 23.3 Å². The second kappa shape index (κ2) is 18.2. The lowest BCUT2D eigenvalue weighted by Gasteiger charge is -2.35. The summed E-state index contributed by atoms with van der Waals surface area (Å²) >= 11 is 0. The molecule has 0 aliphatic rings. The molecular formula is C40H66N2O6Si2. The van der Waals surface area contributed by atoms with Gasteiger partial charge in [-0.1, -0.05) is 73.4 Å². The summed E-state index contributed by atoms with van der Waals surface area (Å²) in [6, 6.07) is 5.87. The van der Waals surface area contributed by atoms with Gasteiger partial charge in [0, 0.05) is 17.0 Å². The largest absolute Gasteiger partial charge is 0.618 e. The molecule has 1 N–H and O–H groups in total. The summed E-state index contributed by atoms with van der Waals surface area (Å²) in [4.78, 5) is 0. The van der Waals surface area contributed by atoms with Gasteiger partial charge < -0.3 is 28.7 Å². The number of hydrogen-bond donors (Lipinski definition) is 1. The molecule has 8 nitrogen and oxygen atoms in total. The third-order valence-electron chi connectivity index (χ3n) is 10.0. The van der Waals surface area contributed by atoms with Crippen molar-refractivity contribution in [3.63, 3.8) is 0 Å². The van der Waals surface area contributed by atoms with Crippen molar-refractivity contribution in [1.29, 1.82) is 0 Å². The van der Waals surface area contributed by atoms with Gasteiger partial charge in [-0.2, -0.15) is 4.73 Å². The van der Waals surface area contributed by atoms with Crippen molar-refractivity contribution in [2.45, 2.75) is 127 Å². The summed E-state index contributed by atoms with van der Waals surface area (Å²) in [5.41, 5.74) is 6.38. The molecule has 0 fully saturated rings. The molecule has 50 heavy (non-hydrogen) atoms. The zero-order valence-electron chi connectivity index (χ0n) is 32.2. The summed E-state index contributed by atoms with van der Waals surface area (Å²) in [7, 11) is -0.421. The maximum atomic E-state index is 12.4. The third kappa shape index (κ3) is 11.1. The highest BCUT2D eigenvalue weighted by Crippen LogP contribution is 2.38. The molecule has 0 radical (unpaired) electrons. The zero-order chi connectivity index (χ0) is 36.8. The predicted octanol–water partition coefficient (Wildman–Crippen LogP) is 10.4. The Hall–Kier alpha value is -3.37. The molecule has 0 aliphatic heterocycles. The van der Waals surface area contributed by atoms with Crippen LogP contribution in [0.4, 0.5) is 0 Å². The van der Waals surface area contributed by atoms with Crippen molar-refractivity contribution in [2.75, 3.05) is 20.8 Å². The van der Waals surface area contributed by atoms with Crippen LogP contribution >= 0.6 is 0 Å². The first-order valence-electron chi connectivity index (χ1n) is 16.3. The van der Waals surface area contributed by atoms with Crippen LogP contribution in [0.3, 0.4) is 0 Å². The van der Waals surface area contributed by atoms with E-state index in [0.29, 0.717) is 24.7 Å². The average molecular weight is 727 g/mol. The fourth-order valence-electron chi connectivity index (χ4n) is 4.48. The molecule has 0 saturated heterocycles. The van der Waals surface area contributed by atoms with Gasteiger partial charge in [-0.3, -0.25) is 0 Å². The van der Waals surface area contributed by atoms with Crippen LogP contribution < -0.4 is 14.2 Å². The normalized spacial score (nSPS) is 11.9. The van der Waals surface area contributed by atoms with Gasteiger partial charge in [-0.05, 0) is 98.3 Å². The zero-order valence-corrected chi connectivity index (χ0v) is 34.2. The topological polar surface area (TPSA) is 96.5 Å². The second-order valence-corrected chi connectivity index (χ2v) is 25.0. The molecule has 1 aromatic heterocycles. The molecule has 10 heteroatoms. The fraction of sp³-hybridized carbons (Fsp3) is 0.550. The SMILES string of the molecule is C.C.COc1c(C)c(C)cc(/C=N/O)c1C#CCO[Si](C)(C)C(C)(C)C.COc1c(C)c(C)cc2c[n+]([O-])c(CO[Si](C)(C)C(C)(C)C)cc12. The van der Waals surface area contributed by atoms with Crippen LogP contribution in [0.15, 0.2) is 29.6 Å². The second-order valence-electron chi connectivity index (χ2n) is 15.4. The van der Waals surface area contributed by atoms with Gasteiger partial charge in [-0.25, -0.2) is 0 Å². The summed E-state index contributed by atoms with van der Waals surface area (Å²) in [6.45, 7) is 30.7. The molecular weight excluding hydrogens is 661 g/mol. The third-order valence-corrected chi connectivity index (χ3v) is 19.0. The first kappa shape index (κ1) is 46.6. The van der Waals surface area contributed by atoms with Gasteiger partial charge in [-0.15, -0.1) is 0 Å². The minimum atomic E-state index is -1.90. The van der Waals surface area contributed by atoms with E-state index in [1.54, 1.807) is 20.4 Å². The number of methoxy groups -OCH3 is 2. The lowest BCUT2D eigenvalue weighted by molar-refractivity contribution is -0.614. The lowest BCUT2D eigenvalue weighted by atomic mass is 9.99. The smallest absolute Gasteiger partial charge is 0.218 e. The summed E-state index contributed by atoms with van der Waals surface area (Å²) in [5, 5.41) is 26.6. The monoisotopic (exact) mass is 726 g/mol. The number of benzene rings is 2. The Labute approximate surface area is 306 Å². The predicted molar refractivity (Wildman–Crippen MR) is 216 cm³/mol. The van der Waals surface area contributed by atoms with Gasteiger partial charge >= 0.3 is 0 Å².